The van der Waals surface area contributed by atoms with Crippen molar-refractivity contribution in [3.63, 3.8) is 0 Å². The first-order chi connectivity index (χ1) is 31.1. The van der Waals surface area contributed by atoms with E-state index in [1.165, 1.54) is 45.8 Å². The zero-order chi connectivity index (χ0) is 44.5. The largest absolute Gasteiger partial charge is 0.389 e. The molecule has 2 aromatic carbocycles. The number of benzene rings is 2. The van der Waals surface area contributed by atoms with Crippen molar-refractivity contribution in [1.29, 1.82) is 10.5 Å². The van der Waals surface area contributed by atoms with Crippen molar-refractivity contribution in [1.82, 2.24) is 40.2 Å². The van der Waals surface area contributed by atoms with Gasteiger partial charge in [0.15, 0.2) is 11.6 Å². The number of amides is 2. The predicted octanol–water partition coefficient (Wildman–Crippen LogP) is 2.77. The molecule has 10 rings (SSSR count). The van der Waals surface area contributed by atoms with Crippen molar-refractivity contribution in [3.8, 4) is 46.0 Å². The summed E-state index contributed by atoms with van der Waals surface area (Å²) >= 11 is 0. The van der Waals surface area contributed by atoms with Gasteiger partial charge in [0.05, 0.1) is 131 Å². The van der Waals surface area contributed by atoms with Gasteiger partial charge in [-0.05, 0) is 36.4 Å². The number of halogens is 2. The molecule has 2 saturated heterocycles. The molecular weight excluding hydrogens is 831 g/mol. The fraction of sp³-hybridized carbons (Fsp3) is 0.273. The van der Waals surface area contributed by atoms with Crippen LogP contribution in [0.3, 0.4) is 0 Å². The lowest BCUT2D eigenvalue weighted by atomic mass is 10.0. The maximum Gasteiger partial charge on any atom is 0.255 e. The maximum atomic E-state index is 14.7. The van der Waals surface area contributed by atoms with Crippen LogP contribution in [0.4, 0.5) is 20.4 Å². The average Bonchev–Trinajstić information content (AvgIpc) is 4.08. The number of aliphatic hydroxyl groups is 2. The highest BCUT2D eigenvalue weighted by molar-refractivity contribution is 6.02. The van der Waals surface area contributed by atoms with Crippen LogP contribution < -0.4 is 20.4 Å². The molecule has 324 valence electrons. The summed E-state index contributed by atoms with van der Waals surface area (Å²) in [5.41, 5.74) is 3.49. The van der Waals surface area contributed by atoms with Gasteiger partial charge >= 0.3 is 0 Å². The van der Waals surface area contributed by atoms with Gasteiger partial charge in [-0.15, -0.1) is 0 Å². The summed E-state index contributed by atoms with van der Waals surface area (Å²) in [7, 11) is 0. The van der Waals surface area contributed by atoms with Crippen molar-refractivity contribution in [2.45, 2.75) is 25.3 Å². The number of rotatable bonds is 6. The van der Waals surface area contributed by atoms with Crippen LogP contribution in [-0.4, -0.2) is 116 Å². The van der Waals surface area contributed by atoms with Crippen LogP contribution in [0.15, 0.2) is 73.1 Å². The Morgan fingerprint density at radius 1 is 0.656 bits per heavy atom. The third-order valence-electron chi connectivity index (χ3n) is 11.0. The number of hydrogen-bond donors (Lipinski definition) is 4. The molecule has 2 atom stereocenters. The molecule has 4 aliphatic rings. The van der Waals surface area contributed by atoms with Gasteiger partial charge in [0, 0.05) is 50.7 Å². The number of carbonyl (C=O) groups is 2. The number of aliphatic hydroxyl groups excluding tert-OH is 2. The molecule has 6 aromatic rings. The number of carbonyl (C=O) groups excluding carboxylic acids is 2. The van der Waals surface area contributed by atoms with Crippen molar-refractivity contribution in [3.05, 3.63) is 118 Å². The molecule has 0 bridgehead atoms. The van der Waals surface area contributed by atoms with Crippen molar-refractivity contribution >= 4 is 23.5 Å². The summed E-state index contributed by atoms with van der Waals surface area (Å²) in [5, 5.41) is 53.6. The number of fused-ring (bicyclic) bond motifs is 2. The van der Waals surface area contributed by atoms with Gasteiger partial charge in [-0.2, -0.15) is 20.7 Å². The first-order valence-electron chi connectivity index (χ1n) is 20.3. The minimum atomic E-state index is -0.629. The van der Waals surface area contributed by atoms with E-state index in [9.17, 15) is 39.1 Å². The second-order valence-electron chi connectivity index (χ2n) is 15.2. The smallest absolute Gasteiger partial charge is 0.255 e. The summed E-state index contributed by atoms with van der Waals surface area (Å²) < 4.78 is 43.2. The molecule has 64 heavy (non-hydrogen) atoms. The van der Waals surface area contributed by atoms with E-state index in [-0.39, 0.29) is 71.8 Å². The number of pyridine rings is 2. The van der Waals surface area contributed by atoms with Crippen LogP contribution in [-0.2, 0) is 22.6 Å². The van der Waals surface area contributed by atoms with Crippen LogP contribution in [0.1, 0.15) is 43.2 Å². The zero-order valence-corrected chi connectivity index (χ0v) is 33.9. The number of nitrogens with one attached hydrogen (secondary N) is 2. The third-order valence-corrected chi connectivity index (χ3v) is 11.0. The predicted molar refractivity (Wildman–Crippen MR) is 223 cm³/mol. The fourth-order valence-electron chi connectivity index (χ4n) is 8.03. The highest BCUT2D eigenvalue weighted by Gasteiger charge is 2.31. The standard InChI is InChI=1S/2C22H19FN6O3/c2*23-15-3-1-2-13(9-24)20(15)16-8-18(21-17(26-16)10-25-22(21)31)29-5-4-19(27-29)28-6-7-32-12-14(30)11-28/h2*1-5,8,14,30H,6-7,10-12H2,(H,25,31)/t14-;/m1./s1. The Labute approximate surface area is 363 Å². The summed E-state index contributed by atoms with van der Waals surface area (Å²) in [4.78, 5) is 37.8. The van der Waals surface area contributed by atoms with Gasteiger partial charge in [-0.1, -0.05) is 12.1 Å². The van der Waals surface area contributed by atoms with E-state index >= 15 is 0 Å². The third kappa shape index (κ3) is 8.09. The van der Waals surface area contributed by atoms with Gasteiger partial charge in [0.2, 0.25) is 0 Å². The first-order valence-corrected chi connectivity index (χ1v) is 20.3. The number of anilines is 2. The summed E-state index contributed by atoms with van der Waals surface area (Å²) in [5.74, 6) is -0.497. The first kappa shape index (κ1) is 41.7. The van der Waals surface area contributed by atoms with Crippen molar-refractivity contribution in [2.24, 2.45) is 0 Å². The number of hydrogen-bond acceptors (Lipinski definition) is 14. The molecule has 4 aromatic heterocycles. The molecule has 0 aliphatic carbocycles. The van der Waals surface area contributed by atoms with Crippen LogP contribution >= 0.6 is 0 Å². The number of aromatic nitrogens is 6. The topological polar surface area (TPSA) is 233 Å². The Morgan fingerprint density at radius 2 is 1.09 bits per heavy atom. The summed E-state index contributed by atoms with van der Waals surface area (Å²) in [6.07, 6.45) is 2.14. The molecule has 1 unspecified atom stereocenters. The number of nitrogens with zero attached hydrogens (tertiary/aromatic N) is 10. The lowest BCUT2D eigenvalue weighted by Crippen LogP contribution is -2.33. The monoisotopic (exact) mass is 868 g/mol. The van der Waals surface area contributed by atoms with E-state index in [4.69, 9.17) is 9.47 Å². The van der Waals surface area contributed by atoms with Gasteiger partial charge < -0.3 is 40.1 Å². The minimum Gasteiger partial charge on any atom is -0.389 e. The normalized spacial score (nSPS) is 18.1. The Balaban J connectivity index is 0.000000162. The molecule has 2 amide bonds. The van der Waals surface area contributed by atoms with E-state index in [2.05, 4.69) is 30.8 Å². The van der Waals surface area contributed by atoms with Crippen molar-refractivity contribution in [2.75, 3.05) is 62.4 Å². The number of nitriles is 2. The lowest BCUT2D eigenvalue weighted by molar-refractivity contribution is 0.0597. The van der Waals surface area contributed by atoms with Gasteiger partial charge in [-0.25, -0.2) is 28.1 Å². The highest BCUT2D eigenvalue weighted by Crippen LogP contribution is 2.34. The molecule has 4 aliphatic heterocycles. The maximum absolute atomic E-state index is 14.7. The molecule has 2 fully saturated rings. The molecule has 4 N–H and O–H groups in total. The Bertz CT molecular complexity index is 2700. The van der Waals surface area contributed by atoms with Gasteiger partial charge in [0.1, 0.15) is 11.6 Å². The van der Waals surface area contributed by atoms with E-state index in [0.717, 1.165) is 0 Å². The fourth-order valence-corrected chi connectivity index (χ4v) is 8.03. The lowest BCUT2D eigenvalue weighted by Gasteiger charge is -2.20. The van der Waals surface area contributed by atoms with E-state index in [1.54, 1.807) is 36.7 Å². The molecular formula is C44H38F2N12O6. The summed E-state index contributed by atoms with van der Waals surface area (Å²) in [6, 6.07) is 19.2. The summed E-state index contributed by atoms with van der Waals surface area (Å²) in [6.45, 7) is 3.74. The van der Waals surface area contributed by atoms with Crippen LogP contribution in [0, 0.1) is 34.3 Å². The van der Waals surface area contributed by atoms with Gasteiger partial charge in [0.25, 0.3) is 11.8 Å². The number of ether oxygens (including phenoxy) is 2. The minimum absolute atomic E-state index is 0.0820. The van der Waals surface area contributed by atoms with E-state index in [1.807, 2.05) is 21.9 Å². The molecule has 18 nitrogen and oxygen atoms in total. The average molecular weight is 869 g/mol. The second-order valence-corrected chi connectivity index (χ2v) is 15.2. The second kappa shape index (κ2) is 17.6. The Kier molecular flexibility index (Phi) is 11.5. The van der Waals surface area contributed by atoms with Gasteiger partial charge in [-0.3, -0.25) is 9.59 Å². The Hall–Kier alpha value is -7.62. The zero-order valence-electron chi connectivity index (χ0n) is 33.9. The number of β-amino-alcohol motifs (C(OH)–C–C–N with tert-alkyl or cyclic N) is 2. The molecule has 0 spiro atoms. The van der Waals surface area contributed by atoms with E-state index < -0.39 is 23.8 Å². The SMILES string of the molecule is N#Cc1cccc(F)c1-c1cc(-n2ccc(N3CCOCC(O)C3)n2)c2c(n1)CNC2=O.N#Cc1cccc(F)c1-c1cc(-n2ccc(N3CCOC[C@H](O)C3)n2)c2c(n1)CNC2=O. The molecule has 0 saturated carbocycles. The molecule has 8 heterocycles. The van der Waals surface area contributed by atoms with E-state index in [0.29, 0.717) is 84.9 Å². The quantitative estimate of drug-likeness (QED) is 0.189. The Morgan fingerprint density at radius 3 is 1.52 bits per heavy atom. The molecule has 0 radical (unpaired) electrons. The van der Waals surface area contributed by atoms with Crippen LogP contribution in [0.25, 0.3) is 33.9 Å². The van der Waals surface area contributed by atoms with Crippen LogP contribution in [0.5, 0.6) is 0 Å². The van der Waals surface area contributed by atoms with Crippen LogP contribution in [0.2, 0.25) is 0 Å². The highest BCUT2D eigenvalue weighted by atomic mass is 19.1. The molecule has 20 heteroatoms. The van der Waals surface area contributed by atoms with Crippen molar-refractivity contribution < 1.29 is 38.1 Å².